The lowest BCUT2D eigenvalue weighted by Gasteiger charge is -2.21. The maximum Gasteiger partial charge on any atom is 0.586 e. The minimum atomic E-state index is -3.73. The summed E-state index contributed by atoms with van der Waals surface area (Å²) in [5, 5.41) is 8.62. The van der Waals surface area contributed by atoms with Crippen molar-refractivity contribution in [1.82, 2.24) is 5.01 Å². The molecule has 0 aromatic heterocycles. The van der Waals surface area contributed by atoms with Crippen molar-refractivity contribution in [2.75, 3.05) is 25.1 Å². The predicted octanol–water partition coefficient (Wildman–Crippen LogP) is 4.81. The molecule has 0 fully saturated rings. The van der Waals surface area contributed by atoms with Gasteiger partial charge in [-0.15, -0.1) is 8.78 Å². The summed E-state index contributed by atoms with van der Waals surface area (Å²) in [7, 11) is 0. The largest absolute Gasteiger partial charge is 0.586 e. The van der Waals surface area contributed by atoms with E-state index in [1.54, 1.807) is 0 Å². The van der Waals surface area contributed by atoms with Crippen molar-refractivity contribution < 1.29 is 32.5 Å². The number of nitrogens with one attached hydrogen (secondary N) is 1. The highest BCUT2D eigenvalue weighted by molar-refractivity contribution is 6.08. The van der Waals surface area contributed by atoms with Gasteiger partial charge in [0.1, 0.15) is 13.2 Å². The Morgan fingerprint density at radius 3 is 2.49 bits per heavy atom. The molecule has 8 nitrogen and oxygen atoms in total. The van der Waals surface area contributed by atoms with E-state index in [0.717, 1.165) is 16.8 Å². The lowest BCUT2D eigenvalue weighted by molar-refractivity contribution is -0.286. The van der Waals surface area contributed by atoms with Gasteiger partial charge in [-0.05, 0) is 35.4 Å². The smallest absolute Gasteiger partial charge is 0.486 e. The zero-order valence-electron chi connectivity index (χ0n) is 18.2. The van der Waals surface area contributed by atoms with Gasteiger partial charge in [0.05, 0.1) is 12.3 Å². The first-order chi connectivity index (χ1) is 16.9. The number of ether oxygens (including phenoxy) is 4. The number of fused-ring (bicyclic) bond motifs is 2. The Hall–Kier alpha value is -4.34. The van der Waals surface area contributed by atoms with Gasteiger partial charge in [0, 0.05) is 17.7 Å². The van der Waals surface area contributed by atoms with E-state index in [1.165, 1.54) is 23.2 Å². The van der Waals surface area contributed by atoms with E-state index in [1.807, 2.05) is 48.5 Å². The first-order valence-electron chi connectivity index (χ1n) is 11.0. The average Bonchev–Trinajstić information content (AvgIpc) is 3.44. The third-order valence-electron chi connectivity index (χ3n) is 5.84. The van der Waals surface area contributed by atoms with E-state index in [2.05, 4.69) is 19.9 Å². The Balaban J connectivity index is 1.27. The van der Waals surface area contributed by atoms with Crippen LogP contribution in [0.3, 0.4) is 0 Å². The molecule has 0 saturated heterocycles. The van der Waals surface area contributed by atoms with Crippen LogP contribution < -0.4 is 24.3 Å². The van der Waals surface area contributed by atoms with Crippen LogP contribution in [0.1, 0.15) is 17.0 Å². The molecule has 35 heavy (non-hydrogen) atoms. The van der Waals surface area contributed by atoms with Gasteiger partial charge in [0.2, 0.25) is 0 Å². The minimum Gasteiger partial charge on any atom is -0.486 e. The van der Waals surface area contributed by atoms with Crippen molar-refractivity contribution in [3.8, 4) is 23.0 Å². The molecule has 3 aliphatic heterocycles. The Labute approximate surface area is 198 Å². The quantitative estimate of drug-likeness (QED) is 0.583. The molecule has 0 aliphatic carbocycles. The number of hydrazone groups is 1. The van der Waals surface area contributed by atoms with Gasteiger partial charge in [-0.3, -0.25) is 0 Å². The lowest BCUT2D eigenvalue weighted by Crippen LogP contribution is -2.30. The van der Waals surface area contributed by atoms with Crippen LogP contribution in [0.4, 0.5) is 19.3 Å². The Kier molecular flexibility index (Phi) is 4.94. The molecule has 0 spiro atoms. The van der Waals surface area contributed by atoms with Crippen molar-refractivity contribution in [2.45, 2.75) is 12.2 Å². The van der Waals surface area contributed by atoms with Gasteiger partial charge in [-0.25, -0.2) is 9.80 Å². The summed E-state index contributed by atoms with van der Waals surface area (Å²) >= 11 is 0. The number of hydrogen-bond acceptors (Lipinski definition) is 6. The van der Waals surface area contributed by atoms with Crippen LogP contribution in [0.15, 0.2) is 71.8 Å². The molecular formula is C25H19F2N3O5. The number of carbonyl (C=O) groups is 1. The topological polar surface area (TPSA) is 81.6 Å². The van der Waals surface area contributed by atoms with Crippen LogP contribution in [0.5, 0.6) is 23.0 Å². The third-order valence-corrected chi connectivity index (χ3v) is 5.84. The molecular weight excluding hydrogens is 460 g/mol. The van der Waals surface area contributed by atoms with Crippen molar-refractivity contribution in [3.05, 3.63) is 77.9 Å². The molecule has 0 radical (unpaired) electrons. The Bertz CT molecular complexity index is 1330. The van der Waals surface area contributed by atoms with Crippen LogP contribution in [0.25, 0.3) is 0 Å². The molecule has 1 atom stereocenters. The fraction of sp³-hybridized carbons (Fsp3) is 0.200. The first kappa shape index (κ1) is 21.2. The molecule has 3 aliphatic rings. The normalized spacial score (nSPS) is 19.3. The summed E-state index contributed by atoms with van der Waals surface area (Å²) in [5.41, 5.74) is 2.81. The first-order valence-corrected chi connectivity index (χ1v) is 11.0. The minimum absolute atomic E-state index is 0.0998. The third kappa shape index (κ3) is 4.07. The number of urea groups is 1. The Morgan fingerprint density at radius 2 is 1.66 bits per heavy atom. The highest BCUT2D eigenvalue weighted by Gasteiger charge is 2.43. The molecule has 178 valence electrons. The summed E-state index contributed by atoms with van der Waals surface area (Å²) in [5.74, 6) is 0.865. The Morgan fingerprint density at radius 1 is 0.914 bits per heavy atom. The van der Waals surface area contributed by atoms with E-state index in [9.17, 15) is 13.6 Å². The highest BCUT2D eigenvalue weighted by atomic mass is 19.3. The molecule has 1 N–H and O–H groups in total. The molecule has 3 aromatic rings. The van der Waals surface area contributed by atoms with Gasteiger partial charge >= 0.3 is 12.3 Å². The molecule has 6 rings (SSSR count). The summed E-state index contributed by atoms with van der Waals surface area (Å²) in [6.07, 6.45) is -3.73. The standard InChI is InChI=1S/C25H19F2N3O5/c26-25(27)34-20-9-7-17(13-22(20)35-25)28-24(31)30-14-18(23(29-30)15-4-2-1-3-5-15)16-6-8-19-21(12-16)33-11-10-32-19/h1-9,12-13,18H,10-11,14H2,(H,28,31). The van der Waals surface area contributed by atoms with E-state index >= 15 is 0 Å². The fourth-order valence-electron chi connectivity index (χ4n) is 4.25. The molecule has 3 heterocycles. The number of benzene rings is 3. The van der Waals surface area contributed by atoms with E-state index in [-0.39, 0.29) is 29.6 Å². The van der Waals surface area contributed by atoms with Crippen LogP contribution in [0, 0.1) is 0 Å². The molecule has 0 saturated carbocycles. The monoisotopic (exact) mass is 479 g/mol. The second kappa shape index (κ2) is 8.15. The van der Waals surface area contributed by atoms with Crippen LogP contribution in [-0.2, 0) is 0 Å². The SMILES string of the molecule is O=C(Nc1ccc2c(c1)OC(F)(F)O2)N1CC(c2ccc3c(c2)OCCO3)C(c2ccccc2)=N1. The maximum absolute atomic E-state index is 13.3. The highest BCUT2D eigenvalue weighted by Crippen LogP contribution is 2.42. The molecule has 3 aromatic carbocycles. The van der Waals surface area contributed by atoms with Gasteiger partial charge in [0.15, 0.2) is 23.0 Å². The summed E-state index contributed by atoms with van der Waals surface area (Å²) in [4.78, 5) is 13.1. The second-order valence-electron chi connectivity index (χ2n) is 8.15. The summed E-state index contributed by atoms with van der Waals surface area (Å²) < 4.78 is 46.9. The van der Waals surface area contributed by atoms with Crippen molar-refractivity contribution >= 4 is 17.4 Å². The molecule has 0 bridgehead atoms. The van der Waals surface area contributed by atoms with E-state index in [0.29, 0.717) is 24.7 Å². The van der Waals surface area contributed by atoms with Gasteiger partial charge in [0.25, 0.3) is 0 Å². The van der Waals surface area contributed by atoms with Crippen molar-refractivity contribution in [2.24, 2.45) is 5.10 Å². The van der Waals surface area contributed by atoms with E-state index < -0.39 is 12.3 Å². The van der Waals surface area contributed by atoms with Crippen molar-refractivity contribution in [1.29, 1.82) is 0 Å². The average molecular weight is 479 g/mol. The molecule has 10 heteroatoms. The van der Waals surface area contributed by atoms with E-state index in [4.69, 9.17) is 9.47 Å². The number of rotatable bonds is 3. The van der Waals surface area contributed by atoms with Gasteiger partial charge in [-0.1, -0.05) is 36.4 Å². The van der Waals surface area contributed by atoms with Crippen LogP contribution in [-0.4, -0.2) is 42.8 Å². The summed E-state index contributed by atoms with van der Waals surface area (Å²) in [6.45, 7) is 1.24. The number of hydrogen-bond donors (Lipinski definition) is 1. The molecule has 2 amide bonds. The number of anilines is 1. The van der Waals surface area contributed by atoms with Crippen LogP contribution >= 0.6 is 0 Å². The molecule has 1 unspecified atom stereocenters. The van der Waals surface area contributed by atoms with Crippen molar-refractivity contribution in [3.63, 3.8) is 0 Å². The lowest BCUT2D eigenvalue weighted by atomic mass is 9.90. The number of nitrogens with zero attached hydrogens (tertiary/aromatic N) is 2. The maximum atomic E-state index is 13.3. The van der Waals surface area contributed by atoms with Crippen LogP contribution in [0.2, 0.25) is 0 Å². The zero-order valence-corrected chi connectivity index (χ0v) is 18.2. The van der Waals surface area contributed by atoms with Gasteiger partial charge < -0.3 is 24.3 Å². The second-order valence-corrected chi connectivity index (χ2v) is 8.15. The van der Waals surface area contributed by atoms with Gasteiger partial charge in [-0.2, -0.15) is 5.10 Å². The number of carbonyl (C=O) groups excluding carboxylic acids is 1. The number of alkyl halides is 2. The zero-order chi connectivity index (χ0) is 24.0. The fourth-order valence-corrected chi connectivity index (χ4v) is 4.25. The summed E-state index contributed by atoms with van der Waals surface area (Å²) in [6, 6.07) is 18.8. The predicted molar refractivity (Wildman–Crippen MR) is 122 cm³/mol. The number of halogens is 2. The number of amides is 2.